The standard InChI is InChI=1S/C12H9F2N/c1-8-2-3-9(6-11(8)13)10-4-5-15-7-12(10)14/h2-7H,1H3. The lowest BCUT2D eigenvalue weighted by atomic mass is 10.0. The second kappa shape index (κ2) is 3.77. The van der Waals surface area contributed by atoms with E-state index in [2.05, 4.69) is 4.98 Å². The molecule has 0 atom stereocenters. The SMILES string of the molecule is Cc1ccc(-c2ccncc2F)cc1F. The zero-order valence-corrected chi connectivity index (χ0v) is 8.17. The van der Waals surface area contributed by atoms with Crippen LogP contribution in [-0.4, -0.2) is 4.98 Å². The number of hydrogen-bond acceptors (Lipinski definition) is 1. The number of benzene rings is 1. The van der Waals surface area contributed by atoms with Gasteiger partial charge in [0.1, 0.15) is 11.6 Å². The number of hydrogen-bond donors (Lipinski definition) is 0. The van der Waals surface area contributed by atoms with Crippen molar-refractivity contribution < 1.29 is 8.78 Å². The Morgan fingerprint density at radius 3 is 2.53 bits per heavy atom. The van der Waals surface area contributed by atoms with Crippen molar-refractivity contribution in [2.75, 3.05) is 0 Å². The second-order valence-electron chi connectivity index (χ2n) is 3.32. The van der Waals surface area contributed by atoms with Gasteiger partial charge in [0.2, 0.25) is 0 Å². The average Bonchev–Trinajstić information content (AvgIpc) is 2.23. The number of aryl methyl sites for hydroxylation is 1. The molecule has 76 valence electrons. The first-order valence-corrected chi connectivity index (χ1v) is 4.54. The van der Waals surface area contributed by atoms with E-state index in [9.17, 15) is 8.78 Å². The topological polar surface area (TPSA) is 12.9 Å². The summed E-state index contributed by atoms with van der Waals surface area (Å²) in [6.45, 7) is 1.67. The minimum Gasteiger partial charge on any atom is -0.262 e. The second-order valence-corrected chi connectivity index (χ2v) is 3.32. The van der Waals surface area contributed by atoms with Gasteiger partial charge in [-0.3, -0.25) is 4.98 Å². The van der Waals surface area contributed by atoms with Crippen LogP contribution in [0, 0.1) is 18.6 Å². The molecule has 0 saturated carbocycles. The molecule has 0 saturated heterocycles. The molecular formula is C12H9F2N. The van der Waals surface area contributed by atoms with E-state index in [1.165, 1.54) is 18.3 Å². The van der Waals surface area contributed by atoms with Crippen molar-refractivity contribution in [3.8, 4) is 11.1 Å². The third-order valence-electron chi connectivity index (χ3n) is 2.26. The molecule has 0 unspecified atom stereocenters. The van der Waals surface area contributed by atoms with Crippen LogP contribution in [0.4, 0.5) is 8.78 Å². The molecule has 2 aromatic rings. The van der Waals surface area contributed by atoms with E-state index in [0.29, 0.717) is 16.7 Å². The largest absolute Gasteiger partial charge is 0.262 e. The van der Waals surface area contributed by atoms with E-state index in [1.807, 2.05) is 0 Å². The quantitative estimate of drug-likeness (QED) is 0.695. The first-order chi connectivity index (χ1) is 7.18. The summed E-state index contributed by atoms with van der Waals surface area (Å²) in [5, 5.41) is 0. The third kappa shape index (κ3) is 1.86. The van der Waals surface area contributed by atoms with Gasteiger partial charge >= 0.3 is 0 Å². The molecule has 1 aromatic carbocycles. The molecular weight excluding hydrogens is 196 g/mol. The van der Waals surface area contributed by atoms with E-state index in [0.717, 1.165) is 6.20 Å². The maximum absolute atomic E-state index is 13.3. The highest BCUT2D eigenvalue weighted by atomic mass is 19.1. The minimum absolute atomic E-state index is 0.330. The monoisotopic (exact) mass is 205 g/mol. The van der Waals surface area contributed by atoms with E-state index < -0.39 is 5.82 Å². The maximum Gasteiger partial charge on any atom is 0.149 e. The molecule has 0 aliphatic carbocycles. The van der Waals surface area contributed by atoms with Crippen molar-refractivity contribution in [1.29, 1.82) is 0 Å². The van der Waals surface area contributed by atoms with Gasteiger partial charge in [0.05, 0.1) is 6.20 Å². The van der Waals surface area contributed by atoms with Gasteiger partial charge in [-0.1, -0.05) is 12.1 Å². The van der Waals surface area contributed by atoms with E-state index in [1.54, 1.807) is 19.1 Å². The lowest BCUT2D eigenvalue weighted by Crippen LogP contribution is -1.88. The van der Waals surface area contributed by atoms with Crippen LogP contribution >= 0.6 is 0 Å². The Morgan fingerprint density at radius 2 is 1.87 bits per heavy atom. The number of rotatable bonds is 1. The fourth-order valence-electron chi connectivity index (χ4n) is 1.37. The van der Waals surface area contributed by atoms with Gasteiger partial charge in [0.25, 0.3) is 0 Å². The van der Waals surface area contributed by atoms with E-state index >= 15 is 0 Å². The molecule has 0 amide bonds. The Balaban J connectivity index is 2.55. The molecule has 2 rings (SSSR count). The van der Waals surface area contributed by atoms with Gasteiger partial charge in [-0.15, -0.1) is 0 Å². The fourth-order valence-corrected chi connectivity index (χ4v) is 1.37. The van der Waals surface area contributed by atoms with Gasteiger partial charge in [-0.05, 0) is 30.2 Å². The molecule has 1 aromatic heterocycles. The van der Waals surface area contributed by atoms with Crippen molar-refractivity contribution in [1.82, 2.24) is 4.98 Å². The van der Waals surface area contributed by atoms with Crippen LogP contribution in [-0.2, 0) is 0 Å². The number of pyridine rings is 1. The van der Waals surface area contributed by atoms with Gasteiger partial charge in [-0.2, -0.15) is 0 Å². The van der Waals surface area contributed by atoms with Crippen LogP contribution in [0.15, 0.2) is 36.7 Å². The predicted molar refractivity (Wildman–Crippen MR) is 54.3 cm³/mol. The molecule has 0 spiro atoms. The molecule has 1 nitrogen and oxygen atoms in total. The van der Waals surface area contributed by atoms with Crippen LogP contribution < -0.4 is 0 Å². The lowest BCUT2D eigenvalue weighted by molar-refractivity contribution is 0.616. The molecule has 1 heterocycles. The fraction of sp³-hybridized carbons (Fsp3) is 0.0833. The number of nitrogens with zero attached hydrogens (tertiary/aromatic N) is 1. The average molecular weight is 205 g/mol. The third-order valence-corrected chi connectivity index (χ3v) is 2.26. The van der Waals surface area contributed by atoms with Crippen molar-refractivity contribution in [2.45, 2.75) is 6.92 Å². The highest BCUT2D eigenvalue weighted by molar-refractivity contribution is 5.63. The smallest absolute Gasteiger partial charge is 0.149 e. The Morgan fingerprint density at radius 1 is 1.07 bits per heavy atom. The van der Waals surface area contributed by atoms with Crippen molar-refractivity contribution in [3.63, 3.8) is 0 Å². The Labute approximate surface area is 86.4 Å². The normalized spacial score (nSPS) is 10.3. The number of aromatic nitrogens is 1. The van der Waals surface area contributed by atoms with Crippen molar-refractivity contribution >= 4 is 0 Å². The molecule has 3 heteroatoms. The van der Waals surface area contributed by atoms with E-state index in [-0.39, 0.29) is 5.82 Å². The van der Waals surface area contributed by atoms with Gasteiger partial charge < -0.3 is 0 Å². The van der Waals surface area contributed by atoms with Crippen LogP contribution in [0.1, 0.15) is 5.56 Å². The minimum atomic E-state index is -0.444. The lowest BCUT2D eigenvalue weighted by Gasteiger charge is -2.04. The van der Waals surface area contributed by atoms with Crippen LogP contribution in [0.2, 0.25) is 0 Å². The molecule has 15 heavy (non-hydrogen) atoms. The number of halogens is 2. The molecule has 0 aliphatic heterocycles. The summed E-state index contributed by atoms with van der Waals surface area (Å²) in [5.74, 6) is -0.774. The van der Waals surface area contributed by atoms with E-state index in [4.69, 9.17) is 0 Å². The Kier molecular flexibility index (Phi) is 2.46. The zero-order chi connectivity index (χ0) is 10.8. The van der Waals surface area contributed by atoms with Gasteiger partial charge in [-0.25, -0.2) is 8.78 Å². The maximum atomic E-state index is 13.3. The van der Waals surface area contributed by atoms with Crippen LogP contribution in [0.25, 0.3) is 11.1 Å². The van der Waals surface area contributed by atoms with Crippen LogP contribution in [0.5, 0.6) is 0 Å². The van der Waals surface area contributed by atoms with Crippen molar-refractivity contribution in [3.05, 3.63) is 53.9 Å². The van der Waals surface area contributed by atoms with Gasteiger partial charge in [0, 0.05) is 11.8 Å². The summed E-state index contributed by atoms with van der Waals surface area (Å²) in [6, 6.07) is 6.18. The molecule has 0 aliphatic rings. The first kappa shape index (κ1) is 9.77. The Bertz CT molecular complexity index is 495. The molecule has 0 N–H and O–H groups in total. The van der Waals surface area contributed by atoms with Crippen LogP contribution in [0.3, 0.4) is 0 Å². The first-order valence-electron chi connectivity index (χ1n) is 4.54. The van der Waals surface area contributed by atoms with Gasteiger partial charge in [0.15, 0.2) is 0 Å². The predicted octanol–water partition coefficient (Wildman–Crippen LogP) is 3.34. The summed E-state index contributed by atoms with van der Waals surface area (Å²) in [4.78, 5) is 3.64. The summed E-state index contributed by atoms with van der Waals surface area (Å²) in [6.07, 6.45) is 2.60. The molecule has 0 bridgehead atoms. The molecule has 0 radical (unpaired) electrons. The molecule has 0 fully saturated rings. The summed E-state index contributed by atoms with van der Waals surface area (Å²) in [5.41, 5.74) is 1.44. The summed E-state index contributed by atoms with van der Waals surface area (Å²) in [7, 11) is 0. The summed E-state index contributed by atoms with van der Waals surface area (Å²) < 4.78 is 26.6. The zero-order valence-electron chi connectivity index (χ0n) is 8.17. The van der Waals surface area contributed by atoms with Crippen molar-refractivity contribution in [2.24, 2.45) is 0 Å². The Hall–Kier alpha value is -1.77. The summed E-state index contributed by atoms with van der Waals surface area (Å²) >= 11 is 0. The highest BCUT2D eigenvalue weighted by Crippen LogP contribution is 2.23. The highest BCUT2D eigenvalue weighted by Gasteiger charge is 2.06.